The van der Waals surface area contributed by atoms with Crippen LogP contribution in [0.3, 0.4) is 0 Å². The molecule has 1 amide bonds. The van der Waals surface area contributed by atoms with Crippen molar-refractivity contribution >= 4 is 23.2 Å². The predicted molar refractivity (Wildman–Crippen MR) is 63.1 cm³/mol. The molecule has 0 aliphatic carbocycles. The Kier molecular flexibility index (Phi) is 3.97. The maximum atomic E-state index is 11.9. The number of benzene rings is 1. The van der Waals surface area contributed by atoms with Gasteiger partial charge in [-0.2, -0.15) is 0 Å². The number of rotatable bonds is 3. The first-order valence-electron chi connectivity index (χ1n) is 4.86. The molecule has 0 saturated carbocycles. The molecule has 0 aromatic heterocycles. The summed E-state index contributed by atoms with van der Waals surface area (Å²) in [6.07, 6.45) is 0.926. The van der Waals surface area contributed by atoms with E-state index in [0.717, 1.165) is 13.0 Å². The summed E-state index contributed by atoms with van der Waals surface area (Å²) < 4.78 is 0. The second-order valence-electron chi connectivity index (χ2n) is 3.46. The van der Waals surface area contributed by atoms with Crippen molar-refractivity contribution < 1.29 is 4.79 Å². The summed E-state index contributed by atoms with van der Waals surface area (Å²) in [7, 11) is 1.76. The first-order chi connectivity index (χ1) is 7.06. The molecule has 82 valence electrons. The smallest absolute Gasteiger partial charge is 0.255 e. The highest BCUT2D eigenvalue weighted by Crippen LogP contribution is 2.19. The molecule has 2 N–H and O–H groups in total. The van der Waals surface area contributed by atoms with Crippen molar-refractivity contribution in [2.75, 3.05) is 19.3 Å². The fourth-order valence-corrected chi connectivity index (χ4v) is 1.55. The highest BCUT2D eigenvalue weighted by Gasteiger charge is 2.13. The quantitative estimate of drug-likeness (QED) is 0.805. The van der Waals surface area contributed by atoms with Gasteiger partial charge in [0.25, 0.3) is 5.91 Å². The van der Waals surface area contributed by atoms with E-state index in [1.165, 1.54) is 0 Å². The summed E-state index contributed by atoms with van der Waals surface area (Å²) in [6.45, 7) is 2.75. The zero-order chi connectivity index (χ0) is 11.4. The molecule has 0 heterocycles. The van der Waals surface area contributed by atoms with Gasteiger partial charge in [-0.25, -0.2) is 0 Å². The van der Waals surface area contributed by atoms with Gasteiger partial charge in [-0.05, 0) is 24.6 Å². The third-order valence-electron chi connectivity index (χ3n) is 2.15. The van der Waals surface area contributed by atoms with Gasteiger partial charge in [-0.1, -0.05) is 18.5 Å². The lowest BCUT2D eigenvalue weighted by atomic mass is 10.1. The fraction of sp³-hybridized carbons (Fsp3) is 0.364. The van der Waals surface area contributed by atoms with E-state index >= 15 is 0 Å². The summed E-state index contributed by atoms with van der Waals surface area (Å²) >= 11 is 5.76. The minimum absolute atomic E-state index is 0.0639. The minimum atomic E-state index is -0.0639. The average molecular weight is 227 g/mol. The molecule has 1 rings (SSSR count). The van der Waals surface area contributed by atoms with Crippen LogP contribution in [-0.4, -0.2) is 24.4 Å². The number of hydrogen-bond acceptors (Lipinski definition) is 2. The van der Waals surface area contributed by atoms with Crippen molar-refractivity contribution in [3.8, 4) is 0 Å². The number of nitrogens with zero attached hydrogens (tertiary/aromatic N) is 1. The van der Waals surface area contributed by atoms with Crippen LogP contribution < -0.4 is 5.73 Å². The minimum Gasteiger partial charge on any atom is -0.398 e. The summed E-state index contributed by atoms with van der Waals surface area (Å²) in [6, 6.07) is 4.92. The Morgan fingerprint density at radius 2 is 2.20 bits per heavy atom. The van der Waals surface area contributed by atoms with Crippen LogP contribution >= 0.6 is 11.6 Å². The van der Waals surface area contributed by atoms with Crippen molar-refractivity contribution in [1.82, 2.24) is 4.90 Å². The zero-order valence-corrected chi connectivity index (χ0v) is 9.71. The Bertz CT molecular complexity index is 366. The van der Waals surface area contributed by atoms with Crippen LogP contribution in [0.2, 0.25) is 5.02 Å². The summed E-state index contributed by atoms with van der Waals surface area (Å²) in [5, 5.41) is 0.544. The molecule has 15 heavy (non-hydrogen) atoms. The second kappa shape index (κ2) is 5.03. The van der Waals surface area contributed by atoms with Crippen molar-refractivity contribution in [1.29, 1.82) is 0 Å². The molecule has 0 radical (unpaired) electrons. The molecule has 1 aromatic carbocycles. The normalized spacial score (nSPS) is 10.1. The highest BCUT2D eigenvalue weighted by atomic mass is 35.5. The van der Waals surface area contributed by atoms with E-state index in [1.54, 1.807) is 30.1 Å². The second-order valence-corrected chi connectivity index (χ2v) is 3.89. The number of nitrogen functional groups attached to an aromatic ring is 1. The third kappa shape index (κ3) is 2.86. The lowest BCUT2D eigenvalue weighted by molar-refractivity contribution is 0.0796. The van der Waals surface area contributed by atoms with Gasteiger partial charge < -0.3 is 10.6 Å². The van der Waals surface area contributed by atoms with E-state index in [-0.39, 0.29) is 5.91 Å². The Morgan fingerprint density at radius 3 is 2.73 bits per heavy atom. The van der Waals surface area contributed by atoms with Gasteiger partial charge in [0, 0.05) is 24.3 Å². The summed E-state index contributed by atoms with van der Waals surface area (Å²) in [5.41, 5.74) is 6.66. The lowest BCUT2D eigenvalue weighted by Gasteiger charge is -2.17. The van der Waals surface area contributed by atoms with Crippen molar-refractivity contribution in [2.45, 2.75) is 13.3 Å². The molecule has 0 saturated heterocycles. The molecule has 4 heteroatoms. The molecule has 0 atom stereocenters. The van der Waals surface area contributed by atoms with E-state index in [0.29, 0.717) is 16.3 Å². The summed E-state index contributed by atoms with van der Waals surface area (Å²) in [5.74, 6) is -0.0639. The Morgan fingerprint density at radius 1 is 1.53 bits per heavy atom. The Balaban J connectivity index is 2.91. The van der Waals surface area contributed by atoms with Crippen LogP contribution in [-0.2, 0) is 0 Å². The molecular formula is C11H15ClN2O. The van der Waals surface area contributed by atoms with Crippen LogP contribution in [0.1, 0.15) is 23.7 Å². The molecule has 0 aliphatic rings. The maximum Gasteiger partial charge on any atom is 0.255 e. The number of amides is 1. The molecule has 0 aliphatic heterocycles. The summed E-state index contributed by atoms with van der Waals surface area (Å²) in [4.78, 5) is 13.5. The SMILES string of the molecule is CCCN(C)C(=O)c1ccc(Cl)cc1N. The van der Waals surface area contributed by atoms with Crippen LogP contribution in [0.5, 0.6) is 0 Å². The van der Waals surface area contributed by atoms with Gasteiger partial charge in [0.15, 0.2) is 0 Å². The molecule has 0 unspecified atom stereocenters. The lowest BCUT2D eigenvalue weighted by Crippen LogP contribution is -2.28. The van der Waals surface area contributed by atoms with Crippen LogP contribution in [0.25, 0.3) is 0 Å². The largest absolute Gasteiger partial charge is 0.398 e. The Hall–Kier alpha value is -1.22. The third-order valence-corrected chi connectivity index (χ3v) is 2.38. The maximum absolute atomic E-state index is 11.9. The van der Waals surface area contributed by atoms with Crippen molar-refractivity contribution in [3.63, 3.8) is 0 Å². The average Bonchev–Trinajstić information content (AvgIpc) is 2.17. The van der Waals surface area contributed by atoms with E-state index in [1.807, 2.05) is 6.92 Å². The van der Waals surface area contributed by atoms with E-state index in [4.69, 9.17) is 17.3 Å². The van der Waals surface area contributed by atoms with Crippen LogP contribution in [0.4, 0.5) is 5.69 Å². The van der Waals surface area contributed by atoms with Crippen molar-refractivity contribution in [3.05, 3.63) is 28.8 Å². The van der Waals surface area contributed by atoms with Gasteiger partial charge in [0.1, 0.15) is 0 Å². The molecule has 3 nitrogen and oxygen atoms in total. The van der Waals surface area contributed by atoms with E-state index in [2.05, 4.69) is 0 Å². The predicted octanol–water partition coefficient (Wildman–Crippen LogP) is 2.40. The van der Waals surface area contributed by atoms with Crippen LogP contribution in [0.15, 0.2) is 18.2 Å². The van der Waals surface area contributed by atoms with Crippen LogP contribution in [0, 0.1) is 0 Å². The standard InChI is InChI=1S/C11H15ClN2O/c1-3-6-14(2)11(15)9-5-4-8(12)7-10(9)13/h4-5,7H,3,6,13H2,1-2H3. The van der Waals surface area contributed by atoms with Gasteiger partial charge in [0.2, 0.25) is 0 Å². The molecular weight excluding hydrogens is 212 g/mol. The molecule has 0 fully saturated rings. The van der Waals surface area contributed by atoms with Gasteiger partial charge in [-0.3, -0.25) is 4.79 Å². The first-order valence-corrected chi connectivity index (χ1v) is 5.24. The number of halogens is 1. The number of nitrogens with two attached hydrogens (primary N) is 1. The monoisotopic (exact) mass is 226 g/mol. The van der Waals surface area contributed by atoms with Gasteiger partial charge in [-0.15, -0.1) is 0 Å². The fourth-order valence-electron chi connectivity index (χ4n) is 1.37. The first kappa shape index (κ1) is 11.9. The number of hydrogen-bond donors (Lipinski definition) is 1. The van der Waals surface area contributed by atoms with E-state index in [9.17, 15) is 4.79 Å². The molecule has 0 bridgehead atoms. The number of anilines is 1. The van der Waals surface area contributed by atoms with Gasteiger partial charge in [0.05, 0.1) is 5.56 Å². The van der Waals surface area contributed by atoms with Crippen molar-refractivity contribution in [2.24, 2.45) is 0 Å². The number of carbonyl (C=O) groups excluding carboxylic acids is 1. The van der Waals surface area contributed by atoms with Gasteiger partial charge >= 0.3 is 0 Å². The van der Waals surface area contributed by atoms with E-state index < -0.39 is 0 Å². The topological polar surface area (TPSA) is 46.3 Å². The highest BCUT2D eigenvalue weighted by molar-refractivity contribution is 6.31. The molecule has 0 spiro atoms. The Labute approximate surface area is 94.8 Å². The molecule has 1 aromatic rings. The zero-order valence-electron chi connectivity index (χ0n) is 8.96. The number of carbonyl (C=O) groups is 1.